The Balaban J connectivity index is 0.00000149. The number of anilines is 2. The zero-order valence-corrected chi connectivity index (χ0v) is 18.6. The van der Waals surface area contributed by atoms with Crippen molar-refractivity contribution in [3.05, 3.63) is 30.1 Å². The molecule has 2 N–H and O–H groups in total. The fraction of sp³-hybridized carbons (Fsp3) is 0.522. The number of carbonyl (C=O) groups is 1. The SMILES string of the molecule is CO.O=CC1CCN(c2nc(CCCC(F)(F)F)cnc2-c2ccc3c(c2)NCCO3)CC1. The Morgan fingerprint density at radius 3 is 2.73 bits per heavy atom. The van der Waals surface area contributed by atoms with E-state index in [0.717, 1.165) is 43.2 Å². The van der Waals surface area contributed by atoms with Gasteiger partial charge in [0.25, 0.3) is 0 Å². The van der Waals surface area contributed by atoms with E-state index in [1.165, 1.54) is 0 Å². The van der Waals surface area contributed by atoms with Gasteiger partial charge in [-0.25, -0.2) is 4.98 Å². The van der Waals surface area contributed by atoms with Crippen LogP contribution in [0.2, 0.25) is 0 Å². The minimum absolute atomic E-state index is 0.0235. The molecule has 4 rings (SSSR count). The average Bonchev–Trinajstić information content (AvgIpc) is 2.84. The molecule has 0 radical (unpaired) electrons. The highest BCUT2D eigenvalue weighted by Crippen LogP contribution is 2.36. The Labute approximate surface area is 191 Å². The second-order valence-corrected chi connectivity index (χ2v) is 7.95. The van der Waals surface area contributed by atoms with Crippen molar-refractivity contribution < 1.29 is 27.8 Å². The Morgan fingerprint density at radius 2 is 2.03 bits per heavy atom. The molecule has 2 aliphatic heterocycles. The highest BCUT2D eigenvalue weighted by Gasteiger charge is 2.27. The molecule has 7 nitrogen and oxygen atoms in total. The molecule has 0 amide bonds. The number of aldehydes is 1. The smallest absolute Gasteiger partial charge is 0.389 e. The van der Waals surface area contributed by atoms with Crippen molar-refractivity contribution in [3.63, 3.8) is 0 Å². The third-order valence-corrected chi connectivity index (χ3v) is 5.66. The van der Waals surface area contributed by atoms with E-state index < -0.39 is 12.6 Å². The number of nitrogens with zero attached hydrogens (tertiary/aromatic N) is 3. The van der Waals surface area contributed by atoms with E-state index in [-0.39, 0.29) is 18.8 Å². The molecule has 0 bridgehead atoms. The summed E-state index contributed by atoms with van der Waals surface area (Å²) in [7, 11) is 1.00. The first-order valence-electron chi connectivity index (χ1n) is 11.0. The normalized spacial score (nSPS) is 16.1. The van der Waals surface area contributed by atoms with Crippen molar-refractivity contribution in [1.29, 1.82) is 0 Å². The number of alkyl halides is 3. The van der Waals surface area contributed by atoms with Gasteiger partial charge in [-0.3, -0.25) is 4.98 Å². The van der Waals surface area contributed by atoms with Gasteiger partial charge in [-0.1, -0.05) is 0 Å². The van der Waals surface area contributed by atoms with Gasteiger partial charge in [0.1, 0.15) is 24.3 Å². The topological polar surface area (TPSA) is 87.6 Å². The van der Waals surface area contributed by atoms with Crippen LogP contribution >= 0.6 is 0 Å². The van der Waals surface area contributed by atoms with Crippen molar-refractivity contribution in [1.82, 2.24) is 9.97 Å². The van der Waals surface area contributed by atoms with Crippen molar-refractivity contribution in [3.8, 4) is 17.0 Å². The van der Waals surface area contributed by atoms with E-state index in [2.05, 4.69) is 15.2 Å². The number of aliphatic hydroxyl groups is 1. The molecule has 1 aromatic heterocycles. The number of aromatic nitrogens is 2. The summed E-state index contributed by atoms with van der Waals surface area (Å²) >= 11 is 0. The fourth-order valence-corrected chi connectivity index (χ4v) is 3.96. The predicted molar refractivity (Wildman–Crippen MR) is 120 cm³/mol. The van der Waals surface area contributed by atoms with Crippen LogP contribution in [0.3, 0.4) is 0 Å². The van der Waals surface area contributed by atoms with Crippen LogP contribution in [0.1, 0.15) is 31.4 Å². The molecule has 0 saturated carbocycles. The van der Waals surface area contributed by atoms with Crippen molar-refractivity contribution in [2.45, 2.75) is 38.3 Å². The van der Waals surface area contributed by atoms with Gasteiger partial charge in [-0.2, -0.15) is 13.2 Å². The Kier molecular flexibility index (Phi) is 8.49. The molecule has 0 spiro atoms. The maximum absolute atomic E-state index is 12.5. The summed E-state index contributed by atoms with van der Waals surface area (Å²) in [6.45, 7) is 2.63. The zero-order chi connectivity index (χ0) is 23.8. The van der Waals surface area contributed by atoms with Crippen LogP contribution in [-0.2, 0) is 11.2 Å². The number of rotatable bonds is 6. The predicted octanol–water partition coefficient (Wildman–Crippen LogP) is 3.86. The monoisotopic (exact) mass is 466 g/mol. The first-order chi connectivity index (χ1) is 15.9. The average molecular weight is 467 g/mol. The van der Waals surface area contributed by atoms with Crippen LogP contribution in [0.25, 0.3) is 11.3 Å². The molecule has 1 fully saturated rings. The summed E-state index contributed by atoms with van der Waals surface area (Å²) in [4.78, 5) is 22.5. The highest BCUT2D eigenvalue weighted by molar-refractivity contribution is 5.77. The molecule has 10 heteroatoms. The van der Waals surface area contributed by atoms with E-state index >= 15 is 0 Å². The van der Waals surface area contributed by atoms with E-state index in [0.29, 0.717) is 43.4 Å². The summed E-state index contributed by atoms with van der Waals surface area (Å²) < 4.78 is 43.2. The number of nitrogens with one attached hydrogen (secondary N) is 1. The second kappa shape index (κ2) is 11.3. The van der Waals surface area contributed by atoms with Crippen LogP contribution in [0.4, 0.5) is 24.7 Å². The third-order valence-electron chi connectivity index (χ3n) is 5.66. The number of halogens is 3. The molecular formula is C23H29F3N4O3. The van der Waals surface area contributed by atoms with Gasteiger partial charge in [0.2, 0.25) is 0 Å². The molecule has 0 aliphatic carbocycles. The number of ether oxygens (including phenoxy) is 1. The lowest BCUT2D eigenvalue weighted by Gasteiger charge is -2.32. The van der Waals surface area contributed by atoms with Crippen LogP contribution in [-0.4, -0.2) is 60.9 Å². The number of hydrogen-bond acceptors (Lipinski definition) is 7. The standard InChI is InChI=1S/C22H25F3N4O2.CH4O/c23-22(24,25)7-1-2-17-13-27-20(16-3-4-19-18(12-16)26-8-11-31-19)21(28-17)29-9-5-15(14-30)6-10-29;1-2/h3-4,12-15,26H,1-2,5-11H2;2H,1H3. The van der Waals surface area contributed by atoms with E-state index in [1.54, 1.807) is 6.20 Å². The highest BCUT2D eigenvalue weighted by atomic mass is 19.4. The number of hydrogen-bond donors (Lipinski definition) is 2. The molecular weight excluding hydrogens is 437 g/mol. The Hall–Kier alpha value is -2.88. The number of fused-ring (bicyclic) bond motifs is 1. The van der Waals surface area contributed by atoms with Crippen LogP contribution in [0.15, 0.2) is 24.4 Å². The zero-order valence-electron chi connectivity index (χ0n) is 18.6. The minimum Gasteiger partial charge on any atom is -0.490 e. The molecule has 2 aromatic rings. The summed E-state index contributed by atoms with van der Waals surface area (Å²) in [6.07, 6.45) is -0.818. The molecule has 0 atom stereocenters. The fourth-order valence-electron chi connectivity index (χ4n) is 3.96. The molecule has 3 heterocycles. The van der Waals surface area contributed by atoms with E-state index in [4.69, 9.17) is 14.8 Å². The minimum atomic E-state index is -4.18. The molecule has 33 heavy (non-hydrogen) atoms. The van der Waals surface area contributed by atoms with Crippen LogP contribution < -0.4 is 15.0 Å². The van der Waals surface area contributed by atoms with Gasteiger partial charge in [0.05, 0.1) is 11.4 Å². The number of aryl methyl sites for hydroxylation is 1. The Bertz CT molecular complexity index is 932. The van der Waals surface area contributed by atoms with Gasteiger partial charge < -0.3 is 24.9 Å². The maximum atomic E-state index is 12.5. The summed E-state index contributed by atoms with van der Waals surface area (Å²) in [6, 6.07) is 5.77. The van der Waals surface area contributed by atoms with Gasteiger partial charge in [0.15, 0.2) is 5.82 Å². The number of aliphatic hydroxyl groups excluding tert-OH is 1. The van der Waals surface area contributed by atoms with E-state index in [1.807, 2.05) is 18.2 Å². The van der Waals surface area contributed by atoms with Gasteiger partial charge in [-0.05, 0) is 43.9 Å². The molecule has 180 valence electrons. The molecule has 0 unspecified atom stereocenters. The van der Waals surface area contributed by atoms with Gasteiger partial charge in [0, 0.05) is 50.8 Å². The van der Waals surface area contributed by atoms with Gasteiger partial charge >= 0.3 is 6.18 Å². The summed E-state index contributed by atoms with van der Waals surface area (Å²) in [5, 5.41) is 10.3. The quantitative estimate of drug-likeness (QED) is 0.625. The number of piperidine rings is 1. The van der Waals surface area contributed by atoms with Gasteiger partial charge in [-0.15, -0.1) is 0 Å². The largest absolute Gasteiger partial charge is 0.490 e. The van der Waals surface area contributed by atoms with Crippen LogP contribution in [0.5, 0.6) is 5.75 Å². The maximum Gasteiger partial charge on any atom is 0.389 e. The van der Waals surface area contributed by atoms with Crippen molar-refractivity contribution in [2.75, 3.05) is 43.6 Å². The van der Waals surface area contributed by atoms with Crippen LogP contribution in [0, 0.1) is 5.92 Å². The molecule has 2 aliphatic rings. The third kappa shape index (κ3) is 6.56. The molecule has 1 aromatic carbocycles. The lowest BCUT2D eigenvalue weighted by molar-refractivity contribution is -0.135. The lowest BCUT2D eigenvalue weighted by Crippen LogP contribution is -2.35. The first-order valence-corrected chi connectivity index (χ1v) is 11.0. The number of benzene rings is 1. The van der Waals surface area contributed by atoms with Crippen molar-refractivity contribution in [2.24, 2.45) is 5.92 Å². The summed E-state index contributed by atoms with van der Waals surface area (Å²) in [5.41, 5.74) is 2.96. The molecule has 1 saturated heterocycles. The first kappa shape index (κ1) is 24.8. The van der Waals surface area contributed by atoms with E-state index in [9.17, 15) is 18.0 Å². The summed E-state index contributed by atoms with van der Waals surface area (Å²) in [5.74, 6) is 1.47. The lowest BCUT2D eigenvalue weighted by atomic mass is 9.98. The Morgan fingerprint density at radius 1 is 1.27 bits per heavy atom. The second-order valence-electron chi connectivity index (χ2n) is 7.95. The number of carbonyl (C=O) groups excluding carboxylic acids is 1. The van der Waals surface area contributed by atoms with Crippen molar-refractivity contribution >= 4 is 17.8 Å².